The molecule has 0 bridgehead atoms. The van der Waals surface area contributed by atoms with Gasteiger partial charge in [-0.2, -0.15) is 0 Å². The quantitative estimate of drug-likeness (QED) is 0.471. The van der Waals surface area contributed by atoms with Gasteiger partial charge in [0.25, 0.3) is 0 Å². The fourth-order valence-electron chi connectivity index (χ4n) is 0.985. The first-order valence-electron chi connectivity index (χ1n) is 4.81. The monoisotopic (exact) mass is 175 g/mol. The number of nitrogens with one attached hydrogen (secondary N) is 1. The lowest BCUT2D eigenvalue weighted by atomic mass is 10.2. The summed E-state index contributed by atoms with van der Waals surface area (Å²) in [7, 11) is 0. The van der Waals surface area contributed by atoms with Crippen LogP contribution in [0.15, 0.2) is 0 Å². The largest absolute Gasteiger partial charge is 0.394 e. The Bertz CT molecular complexity index is 88.6. The van der Waals surface area contributed by atoms with Crippen molar-refractivity contribution in [3.63, 3.8) is 0 Å². The average Bonchev–Trinajstić information content (AvgIpc) is 2.10. The van der Waals surface area contributed by atoms with Crippen molar-refractivity contribution >= 4 is 0 Å². The molecule has 0 spiro atoms. The minimum atomic E-state index is -0.552. The fraction of sp³-hybridized carbons (Fsp3) is 1.00. The summed E-state index contributed by atoms with van der Waals surface area (Å²) in [6.45, 7) is 3.86. The summed E-state index contributed by atoms with van der Waals surface area (Å²) < 4.78 is 0. The zero-order chi connectivity index (χ0) is 9.23. The van der Waals surface area contributed by atoms with Crippen LogP contribution in [0, 0.1) is 0 Å². The van der Waals surface area contributed by atoms with Gasteiger partial charge in [0.05, 0.1) is 12.7 Å². The van der Waals surface area contributed by atoms with E-state index >= 15 is 0 Å². The van der Waals surface area contributed by atoms with Crippen molar-refractivity contribution in [3.8, 4) is 0 Å². The summed E-state index contributed by atoms with van der Waals surface area (Å²) in [6, 6.07) is 0. The highest BCUT2D eigenvalue weighted by Crippen LogP contribution is 1.92. The Balaban J connectivity index is 2.90. The summed E-state index contributed by atoms with van der Waals surface area (Å²) >= 11 is 0. The van der Waals surface area contributed by atoms with Gasteiger partial charge in [0.2, 0.25) is 0 Å². The third-order valence-electron chi connectivity index (χ3n) is 1.82. The molecule has 0 aliphatic carbocycles. The van der Waals surface area contributed by atoms with Gasteiger partial charge in [-0.3, -0.25) is 0 Å². The Morgan fingerprint density at radius 1 is 1.25 bits per heavy atom. The third kappa shape index (κ3) is 7.98. The molecular weight excluding hydrogens is 154 g/mol. The van der Waals surface area contributed by atoms with Crippen LogP contribution in [0.1, 0.15) is 32.6 Å². The van der Waals surface area contributed by atoms with Crippen LogP contribution in [-0.2, 0) is 0 Å². The van der Waals surface area contributed by atoms with Gasteiger partial charge in [0, 0.05) is 0 Å². The van der Waals surface area contributed by atoms with Gasteiger partial charge < -0.3 is 15.5 Å². The van der Waals surface area contributed by atoms with Crippen LogP contribution in [0.5, 0.6) is 0 Å². The van der Waals surface area contributed by atoms with E-state index in [4.69, 9.17) is 10.2 Å². The second kappa shape index (κ2) is 8.97. The number of hydrogen-bond acceptors (Lipinski definition) is 3. The molecule has 12 heavy (non-hydrogen) atoms. The maximum absolute atomic E-state index is 8.97. The Kier molecular flexibility index (Phi) is 8.88. The van der Waals surface area contributed by atoms with Crippen LogP contribution in [0.2, 0.25) is 0 Å². The van der Waals surface area contributed by atoms with Crippen LogP contribution in [-0.4, -0.2) is 36.0 Å². The lowest BCUT2D eigenvalue weighted by Crippen LogP contribution is -2.23. The molecule has 0 saturated heterocycles. The molecule has 0 aromatic heterocycles. The topological polar surface area (TPSA) is 52.5 Å². The zero-order valence-corrected chi connectivity index (χ0v) is 7.92. The second-order valence-electron chi connectivity index (χ2n) is 3.08. The minimum absolute atomic E-state index is 0.128. The Hall–Kier alpha value is -0.120. The molecule has 0 fully saturated rings. The molecule has 0 radical (unpaired) electrons. The molecule has 0 heterocycles. The van der Waals surface area contributed by atoms with Crippen molar-refractivity contribution in [1.82, 2.24) is 5.32 Å². The molecular formula is C9H21NO2. The summed E-state index contributed by atoms with van der Waals surface area (Å²) in [4.78, 5) is 0. The van der Waals surface area contributed by atoms with Crippen LogP contribution in [0.4, 0.5) is 0 Å². The van der Waals surface area contributed by atoms with E-state index in [9.17, 15) is 0 Å². The lowest BCUT2D eigenvalue weighted by molar-refractivity contribution is 0.0883. The number of unbranched alkanes of at least 4 members (excludes halogenated alkanes) is 2. The SMILES string of the molecule is CCCCCNCCC(O)CO. The van der Waals surface area contributed by atoms with Crippen molar-refractivity contribution in [3.05, 3.63) is 0 Å². The molecule has 0 aliphatic rings. The number of hydrogen-bond donors (Lipinski definition) is 3. The van der Waals surface area contributed by atoms with Crippen LogP contribution in [0.25, 0.3) is 0 Å². The van der Waals surface area contributed by atoms with Crippen molar-refractivity contribution in [1.29, 1.82) is 0 Å². The number of aliphatic hydroxyl groups is 2. The molecule has 0 rings (SSSR count). The highest BCUT2D eigenvalue weighted by atomic mass is 16.3. The van der Waals surface area contributed by atoms with E-state index in [1.165, 1.54) is 19.3 Å². The Morgan fingerprint density at radius 2 is 2.00 bits per heavy atom. The Morgan fingerprint density at radius 3 is 2.58 bits per heavy atom. The number of rotatable bonds is 8. The maximum Gasteiger partial charge on any atom is 0.0783 e. The van der Waals surface area contributed by atoms with E-state index < -0.39 is 6.10 Å². The van der Waals surface area contributed by atoms with Crippen molar-refractivity contribution in [2.75, 3.05) is 19.7 Å². The van der Waals surface area contributed by atoms with E-state index in [1.54, 1.807) is 0 Å². The van der Waals surface area contributed by atoms with E-state index in [0.29, 0.717) is 6.42 Å². The molecule has 3 nitrogen and oxygen atoms in total. The minimum Gasteiger partial charge on any atom is -0.394 e. The van der Waals surface area contributed by atoms with E-state index in [-0.39, 0.29) is 6.61 Å². The molecule has 3 heteroatoms. The summed E-state index contributed by atoms with van der Waals surface area (Å²) in [5.74, 6) is 0. The van der Waals surface area contributed by atoms with Crippen molar-refractivity contribution in [2.45, 2.75) is 38.7 Å². The molecule has 0 aromatic rings. The molecule has 1 unspecified atom stereocenters. The molecule has 74 valence electrons. The van der Waals surface area contributed by atoms with E-state index in [0.717, 1.165) is 13.1 Å². The van der Waals surface area contributed by atoms with Gasteiger partial charge in [-0.05, 0) is 25.9 Å². The first-order chi connectivity index (χ1) is 5.81. The van der Waals surface area contributed by atoms with Gasteiger partial charge in [-0.25, -0.2) is 0 Å². The molecule has 0 aliphatic heterocycles. The van der Waals surface area contributed by atoms with E-state index in [2.05, 4.69) is 12.2 Å². The Labute approximate surface area is 74.8 Å². The van der Waals surface area contributed by atoms with E-state index in [1.807, 2.05) is 0 Å². The normalized spacial score (nSPS) is 13.2. The van der Waals surface area contributed by atoms with Crippen molar-refractivity contribution < 1.29 is 10.2 Å². The predicted octanol–water partition coefficient (Wildman–Crippen LogP) is 0.510. The highest BCUT2D eigenvalue weighted by molar-refractivity contribution is 4.55. The molecule has 3 N–H and O–H groups in total. The maximum atomic E-state index is 8.97. The first kappa shape index (κ1) is 11.9. The van der Waals surface area contributed by atoms with Gasteiger partial charge in [-0.1, -0.05) is 19.8 Å². The van der Waals surface area contributed by atoms with Crippen LogP contribution < -0.4 is 5.32 Å². The molecule has 0 saturated carbocycles. The summed E-state index contributed by atoms with van der Waals surface area (Å²) in [6.07, 6.45) is 3.79. The molecule has 1 atom stereocenters. The fourth-order valence-corrected chi connectivity index (χ4v) is 0.985. The number of aliphatic hydroxyl groups excluding tert-OH is 2. The van der Waals surface area contributed by atoms with Crippen LogP contribution in [0.3, 0.4) is 0 Å². The zero-order valence-electron chi connectivity index (χ0n) is 7.92. The summed E-state index contributed by atoms with van der Waals surface area (Å²) in [5.41, 5.74) is 0. The lowest BCUT2D eigenvalue weighted by Gasteiger charge is -2.07. The standard InChI is InChI=1S/C9H21NO2/c1-2-3-4-6-10-7-5-9(12)8-11/h9-12H,2-8H2,1H3. The highest BCUT2D eigenvalue weighted by Gasteiger charge is 1.99. The summed E-state index contributed by atoms with van der Waals surface area (Å²) in [5, 5.41) is 20.7. The smallest absolute Gasteiger partial charge is 0.0783 e. The second-order valence-corrected chi connectivity index (χ2v) is 3.08. The molecule has 0 aromatic carbocycles. The van der Waals surface area contributed by atoms with Crippen LogP contribution >= 0.6 is 0 Å². The van der Waals surface area contributed by atoms with Gasteiger partial charge in [0.15, 0.2) is 0 Å². The van der Waals surface area contributed by atoms with Gasteiger partial charge >= 0.3 is 0 Å². The van der Waals surface area contributed by atoms with Crippen molar-refractivity contribution in [2.24, 2.45) is 0 Å². The average molecular weight is 175 g/mol. The first-order valence-corrected chi connectivity index (χ1v) is 4.81. The van der Waals surface area contributed by atoms with Gasteiger partial charge in [-0.15, -0.1) is 0 Å². The van der Waals surface area contributed by atoms with Gasteiger partial charge in [0.1, 0.15) is 0 Å². The third-order valence-corrected chi connectivity index (χ3v) is 1.82. The molecule has 0 amide bonds. The predicted molar refractivity (Wildman–Crippen MR) is 50.1 cm³/mol.